The number of piperazine rings is 3. The summed E-state index contributed by atoms with van der Waals surface area (Å²) in [5.41, 5.74) is 0. The Bertz CT molecular complexity index is 468. The molecule has 5 rings (SSSR count). The molecule has 4 aliphatic heterocycles. The highest BCUT2D eigenvalue weighted by molar-refractivity contribution is 5.03. The maximum Gasteiger partial charge on any atom is 0.243 e. The Labute approximate surface area is 119 Å². The molecule has 4 fully saturated rings. The third kappa shape index (κ3) is 2.25. The summed E-state index contributed by atoms with van der Waals surface area (Å²) in [4.78, 5) is 9.70. The van der Waals surface area contributed by atoms with Gasteiger partial charge in [0.05, 0.1) is 12.1 Å². The van der Waals surface area contributed by atoms with Crippen molar-refractivity contribution in [2.75, 3.05) is 39.3 Å². The summed E-state index contributed by atoms with van der Waals surface area (Å²) in [7, 11) is 0. The minimum Gasteiger partial charge on any atom is -0.338 e. The van der Waals surface area contributed by atoms with Gasteiger partial charge in [0, 0.05) is 32.7 Å². The number of hydrogen-bond donors (Lipinski definition) is 1. The summed E-state index contributed by atoms with van der Waals surface area (Å²) >= 11 is 0. The lowest BCUT2D eigenvalue weighted by Crippen LogP contribution is -2.57. The zero-order valence-electron chi connectivity index (χ0n) is 12.1. The molecule has 3 atom stereocenters. The molecule has 4 saturated heterocycles. The molecule has 4 aliphatic rings. The number of nitrogens with one attached hydrogen (secondary N) is 1. The molecule has 110 valence electrons. The van der Waals surface area contributed by atoms with Gasteiger partial charge in [-0.1, -0.05) is 12.1 Å². The van der Waals surface area contributed by atoms with E-state index in [0.29, 0.717) is 6.04 Å². The van der Waals surface area contributed by atoms with E-state index in [1.807, 2.05) is 0 Å². The number of aromatic nitrogens is 2. The Morgan fingerprint density at radius 1 is 1.25 bits per heavy atom. The molecule has 6 nitrogen and oxygen atoms in total. The van der Waals surface area contributed by atoms with Crippen LogP contribution in [0.25, 0.3) is 0 Å². The highest BCUT2D eigenvalue weighted by Gasteiger charge is 2.36. The largest absolute Gasteiger partial charge is 0.338 e. The highest BCUT2D eigenvalue weighted by atomic mass is 16.5. The van der Waals surface area contributed by atoms with E-state index in [2.05, 4.69) is 27.2 Å². The molecular weight excluding hydrogens is 254 g/mol. The molecule has 2 bridgehead atoms. The van der Waals surface area contributed by atoms with E-state index in [1.165, 1.54) is 19.5 Å². The van der Waals surface area contributed by atoms with Crippen molar-refractivity contribution >= 4 is 0 Å². The third-order valence-electron chi connectivity index (χ3n) is 5.00. The number of rotatable bonds is 2. The molecular formula is C14H23N5O. The lowest BCUT2D eigenvalue weighted by molar-refractivity contribution is 0.00781. The lowest BCUT2D eigenvalue weighted by Gasteiger charge is -2.46. The Kier molecular flexibility index (Phi) is 3.24. The molecule has 1 N–H and O–H groups in total. The zero-order valence-corrected chi connectivity index (χ0v) is 12.1. The van der Waals surface area contributed by atoms with Crippen LogP contribution in [0.3, 0.4) is 0 Å². The average Bonchev–Trinajstić information content (AvgIpc) is 2.98. The summed E-state index contributed by atoms with van der Waals surface area (Å²) in [5, 5.41) is 7.76. The van der Waals surface area contributed by atoms with Crippen molar-refractivity contribution in [1.29, 1.82) is 0 Å². The van der Waals surface area contributed by atoms with Crippen molar-refractivity contribution < 1.29 is 4.52 Å². The van der Waals surface area contributed by atoms with E-state index >= 15 is 0 Å². The second-order valence-corrected chi connectivity index (χ2v) is 6.48. The van der Waals surface area contributed by atoms with Crippen LogP contribution in [0.5, 0.6) is 0 Å². The van der Waals surface area contributed by atoms with Crippen LogP contribution in [-0.2, 0) is 0 Å². The first-order chi connectivity index (χ1) is 9.79. The predicted octanol–water partition coefficient (Wildman–Crippen LogP) is 0.802. The summed E-state index contributed by atoms with van der Waals surface area (Å²) < 4.78 is 5.54. The molecule has 20 heavy (non-hydrogen) atoms. The molecule has 0 amide bonds. The Hall–Kier alpha value is -0.980. The van der Waals surface area contributed by atoms with Crippen LogP contribution >= 0.6 is 0 Å². The van der Waals surface area contributed by atoms with Gasteiger partial charge in [0.1, 0.15) is 0 Å². The van der Waals surface area contributed by atoms with Gasteiger partial charge in [-0.2, -0.15) is 4.98 Å². The van der Waals surface area contributed by atoms with Gasteiger partial charge in [-0.05, 0) is 25.3 Å². The Morgan fingerprint density at radius 3 is 2.80 bits per heavy atom. The van der Waals surface area contributed by atoms with Crippen LogP contribution in [0.1, 0.15) is 43.6 Å². The summed E-state index contributed by atoms with van der Waals surface area (Å²) in [6, 6.07) is 0.576. The molecule has 1 aromatic heterocycles. The number of fused-ring (bicyclic) bond motifs is 3. The second-order valence-electron chi connectivity index (χ2n) is 6.48. The molecule has 1 aromatic rings. The molecule has 0 radical (unpaired) electrons. The molecule has 5 heterocycles. The minimum absolute atomic E-state index is 0.246. The van der Waals surface area contributed by atoms with E-state index in [1.54, 1.807) is 0 Å². The van der Waals surface area contributed by atoms with Crippen molar-refractivity contribution in [2.45, 2.75) is 31.8 Å². The monoisotopic (exact) mass is 277 g/mol. The van der Waals surface area contributed by atoms with Crippen LogP contribution in [0, 0.1) is 5.92 Å². The Balaban J connectivity index is 1.50. The van der Waals surface area contributed by atoms with Crippen LogP contribution in [0.4, 0.5) is 0 Å². The molecule has 0 aromatic carbocycles. The molecule has 6 heteroatoms. The van der Waals surface area contributed by atoms with Crippen LogP contribution in [0.15, 0.2) is 4.52 Å². The van der Waals surface area contributed by atoms with Crippen molar-refractivity contribution in [1.82, 2.24) is 25.3 Å². The third-order valence-corrected chi connectivity index (χ3v) is 5.00. The van der Waals surface area contributed by atoms with Gasteiger partial charge in [0.25, 0.3) is 0 Å². The van der Waals surface area contributed by atoms with Crippen LogP contribution in [0.2, 0.25) is 0 Å². The number of piperidine rings is 1. The van der Waals surface area contributed by atoms with E-state index in [0.717, 1.165) is 50.2 Å². The SMILES string of the molecule is CC1CCNC(c2nc(C3CN4CCN3CC4)no2)C1. The summed E-state index contributed by atoms with van der Waals surface area (Å²) in [5.74, 6) is 2.39. The first-order valence-corrected chi connectivity index (χ1v) is 7.83. The fourth-order valence-corrected chi connectivity index (χ4v) is 3.68. The van der Waals surface area contributed by atoms with E-state index < -0.39 is 0 Å². The zero-order chi connectivity index (χ0) is 13.5. The van der Waals surface area contributed by atoms with Gasteiger partial charge in [-0.3, -0.25) is 9.80 Å². The fourth-order valence-electron chi connectivity index (χ4n) is 3.68. The van der Waals surface area contributed by atoms with Gasteiger partial charge in [0.2, 0.25) is 5.89 Å². The van der Waals surface area contributed by atoms with E-state index in [4.69, 9.17) is 9.51 Å². The maximum atomic E-state index is 5.54. The van der Waals surface area contributed by atoms with Gasteiger partial charge in [0.15, 0.2) is 5.82 Å². The predicted molar refractivity (Wildman–Crippen MR) is 74.2 cm³/mol. The van der Waals surface area contributed by atoms with E-state index in [-0.39, 0.29) is 6.04 Å². The fraction of sp³-hybridized carbons (Fsp3) is 0.857. The average molecular weight is 277 g/mol. The summed E-state index contributed by atoms with van der Waals surface area (Å²) in [6.07, 6.45) is 2.34. The minimum atomic E-state index is 0.246. The van der Waals surface area contributed by atoms with E-state index in [9.17, 15) is 0 Å². The molecule has 0 saturated carbocycles. The smallest absolute Gasteiger partial charge is 0.243 e. The normalized spacial score (nSPS) is 41.0. The van der Waals surface area contributed by atoms with Crippen molar-refractivity contribution in [3.8, 4) is 0 Å². The number of nitrogens with zero attached hydrogens (tertiary/aromatic N) is 4. The van der Waals surface area contributed by atoms with Crippen LogP contribution < -0.4 is 5.32 Å². The van der Waals surface area contributed by atoms with Crippen LogP contribution in [-0.4, -0.2) is 59.2 Å². The highest BCUT2D eigenvalue weighted by Crippen LogP contribution is 2.30. The molecule has 0 spiro atoms. The van der Waals surface area contributed by atoms with Crippen molar-refractivity contribution in [2.24, 2.45) is 5.92 Å². The second kappa shape index (κ2) is 5.09. The summed E-state index contributed by atoms with van der Waals surface area (Å²) in [6.45, 7) is 9.02. The van der Waals surface area contributed by atoms with Crippen molar-refractivity contribution in [3.63, 3.8) is 0 Å². The van der Waals surface area contributed by atoms with Gasteiger partial charge in [-0.25, -0.2) is 0 Å². The molecule has 3 unspecified atom stereocenters. The number of hydrogen-bond acceptors (Lipinski definition) is 6. The first-order valence-electron chi connectivity index (χ1n) is 7.83. The Morgan fingerprint density at radius 2 is 2.10 bits per heavy atom. The topological polar surface area (TPSA) is 57.4 Å². The molecule has 0 aliphatic carbocycles. The van der Waals surface area contributed by atoms with Crippen molar-refractivity contribution in [3.05, 3.63) is 11.7 Å². The van der Waals surface area contributed by atoms with Gasteiger partial charge >= 0.3 is 0 Å². The standard InChI is InChI=1S/C14H23N5O/c1-10-2-3-15-11(8-10)14-16-13(17-20-14)12-9-18-4-6-19(12)7-5-18/h10-12,15H,2-9H2,1H3. The van der Waals surface area contributed by atoms with Gasteiger partial charge < -0.3 is 9.84 Å². The lowest BCUT2D eigenvalue weighted by atomic mass is 9.94. The quantitative estimate of drug-likeness (QED) is 0.863. The maximum absolute atomic E-state index is 5.54. The van der Waals surface area contributed by atoms with Gasteiger partial charge in [-0.15, -0.1) is 0 Å². The first kappa shape index (κ1) is 12.7.